The van der Waals surface area contributed by atoms with E-state index in [-0.39, 0.29) is 5.78 Å². The van der Waals surface area contributed by atoms with Gasteiger partial charge in [0.15, 0.2) is 5.78 Å². The van der Waals surface area contributed by atoms with E-state index in [1.807, 2.05) is 0 Å². The molecule has 1 aliphatic rings. The van der Waals surface area contributed by atoms with Crippen molar-refractivity contribution in [3.63, 3.8) is 0 Å². The minimum atomic E-state index is 0.196. The van der Waals surface area contributed by atoms with Gasteiger partial charge in [-0.3, -0.25) is 4.79 Å². The minimum Gasteiger partial charge on any atom is -0.399 e. The normalized spacial score (nSPS) is 20.1. The summed E-state index contributed by atoms with van der Waals surface area (Å²) in [6.07, 6.45) is 1.71. The van der Waals surface area contributed by atoms with Gasteiger partial charge in [0, 0.05) is 23.7 Å². The van der Waals surface area contributed by atoms with Crippen molar-refractivity contribution in [2.45, 2.75) is 18.9 Å². The zero-order chi connectivity index (χ0) is 9.97. The quantitative estimate of drug-likeness (QED) is 0.556. The number of nitrogen functional groups attached to an aromatic ring is 1. The van der Waals surface area contributed by atoms with Crippen LogP contribution in [0.1, 0.15) is 23.2 Å². The van der Waals surface area contributed by atoms with E-state index in [1.165, 1.54) is 0 Å². The highest BCUT2D eigenvalue weighted by atomic mass is 16.1. The molecule has 0 radical (unpaired) electrons. The first-order valence-electron chi connectivity index (χ1n) is 4.88. The van der Waals surface area contributed by atoms with Crippen LogP contribution in [0, 0.1) is 0 Å². The molecule has 1 aromatic carbocycles. The number of hydrogen-bond donors (Lipinski definition) is 2. The molecule has 0 saturated carbocycles. The van der Waals surface area contributed by atoms with E-state index in [4.69, 9.17) is 5.73 Å². The number of ketones is 1. The SMILES string of the molecule is Nc1ccc(C(=O)CC2CCN2)cc1. The monoisotopic (exact) mass is 190 g/mol. The number of benzene rings is 1. The van der Waals surface area contributed by atoms with Gasteiger partial charge in [-0.15, -0.1) is 0 Å². The molecule has 3 heteroatoms. The topological polar surface area (TPSA) is 55.1 Å². The highest BCUT2D eigenvalue weighted by Crippen LogP contribution is 2.13. The van der Waals surface area contributed by atoms with Gasteiger partial charge in [0.25, 0.3) is 0 Å². The van der Waals surface area contributed by atoms with Crippen molar-refractivity contribution in [3.05, 3.63) is 29.8 Å². The van der Waals surface area contributed by atoms with Gasteiger partial charge in [-0.2, -0.15) is 0 Å². The minimum absolute atomic E-state index is 0.196. The molecule has 0 aromatic heterocycles. The Morgan fingerprint density at radius 1 is 1.43 bits per heavy atom. The third-order valence-electron chi connectivity index (χ3n) is 2.59. The van der Waals surface area contributed by atoms with Gasteiger partial charge < -0.3 is 11.1 Å². The predicted octanol–water partition coefficient (Wildman–Crippen LogP) is 1.20. The van der Waals surface area contributed by atoms with Crippen molar-refractivity contribution in [1.82, 2.24) is 5.32 Å². The summed E-state index contributed by atoms with van der Waals surface area (Å²) in [4.78, 5) is 11.7. The highest BCUT2D eigenvalue weighted by Gasteiger charge is 2.20. The molecule has 0 spiro atoms. The Morgan fingerprint density at radius 2 is 2.07 bits per heavy atom. The van der Waals surface area contributed by atoms with Crippen molar-refractivity contribution >= 4 is 11.5 Å². The molecular formula is C11H14N2O. The Morgan fingerprint density at radius 3 is 2.57 bits per heavy atom. The summed E-state index contributed by atoms with van der Waals surface area (Å²) in [5, 5.41) is 3.21. The molecule has 2 rings (SSSR count). The van der Waals surface area contributed by atoms with Crippen molar-refractivity contribution in [3.8, 4) is 0 Å². The van der Waals surface area contributed by atoms with Gasteiger partial charge in [0.1, 0.15) is 0 Å². The molecule has 74 valence electrons. The Bertz CT molecular complexity index is 328. The van der Waals surface area contributed by atoms with E-state index < -0.39 is 0 Å². The maximum Gasteiger partial charge on any atom is 0.164 e. The maximum absolute atomic E-state index is 11.7. The van der Waals surface area contributed by atoms with Crippen molar-refractivity contribution in [2.75, 3.05) is 12.3 Å². The van der Waals surface area contributed by atoms with Gasteiger partial charge in [-0.25, -0.2) is 0 Å². The van der Waals surface area contributed by atoms with Crippen LogP contribution in [0.15, 0.2) is 24.3 Å². The Kier molecular flexibility index (Phi) is 2.50. The molecule has 14 heavy (non-hydrogen) atoms. The van der Waals surface area contributed by atoms with E-state index in [2.05, 4.69) is 5.32 Å². The van der Waals surface area contributed by atoms with Crippen LogP contribution in [0.25, 0.3) is 0 Å². The van der Waals surface area contributed by atoms with Crippen LogP contribution < -0.4 is 11.1 Å². The zero-order valence-electron chi connectivity index (χ0n) is 7.99. The average Bonchev–Trinajstić information content (AvgIpc) is 2.12. The molecule has 0 amide bonds. The number of hydrogen-bond acceptors (Lipinski definition) is 3. The van der Waals surface area contributed by atoms with Crippen LogP contribution in [-0.4, -0.2) is 18.4 Å². The number of carbonyl (C=O) groups is 1. The van der Waals surface area contributed by atoms with Crippen molar-refractivity contribution in [2.24, 2.45) is 0 Å². The lowest BCUT2D eigenvalue weighted by Crippen LogP contribution is -2.44. The average molecular weight is 190 g/mol. The number of anilines is 1. The molecule has 0 bridgehead atoms. The number of rotatable bonds is 3. The molecule has 1 aliphatic heterocycles. The largest absolute Gasteiger partial charge is 0.399 e. The summed E-state index contributed by atoms with van der Waals surface area (Å²) >= 11 is 0. The molecule has 1 unspecified atom stereocenters. The number of nitrogens with one attached hydrogen (secondary N) is 1. The van der Waals surface area contributed by atoms with Crippen LogP contribution in [0.5, 0.6) is 0 Å². The van der Waals surface area contributed by atoms with Gasteiger partial charge in [-0.05, 0) is 37.2 Å². The van der Waals surface area contributed by atoms with Gasteiger partial charge in [0.05, 0.1) is 0 Å². The standard InChI is InChI=1S/C11H14N2O/c12-9-3-1-8(2-4-9)11(14)7-10-5-6-13-10/h1-4,10,13H,5-7,12H2. The summed E-state index contributed by atoms with van der Waals surface area (Å²) in [5.74, 6) is 0.196. The van der Waals surface area contributed by atoms with Crippen LogP contribution in [0.4, 0.5) is 5.69 Å². The number of Topliss-reactive ketones (excluding diaryl/α,β-unsaturated/α-hetero) is 1. The second-order valence-corrected chi connectivity index (χ2v) is 3.69. The lowest BCUT2D eigenvalue weighted by atomic mass is 9.97. The van der Waals surface area contributed by atoms with Crippen LogP contribution in [-0.2, 0) is 0 Å². The Labute approximate surface area is 83.3 Å². The molecule has 3 nitrogen and oxygen atoms in total. The van der Waals surface area contributed by atoms with Crippen LogP contribution in [0.2, 0.25) is 0 Å². The number of nitrogens with two attached hydrogens (primary N) is 1. The summed E-state index contributed by atoms with van der Waals surface area (Å²) < 4.78 is 0. The highest BCUT2D eigenvalue weighted by molar-refractivity contribution is 5.96. The van der Waals surface area contributed by atoms with E-state index >= 15 is 0 Å². The fourth-order valence-corrected chi connectivity index (χ4v) is 1.53. The predicted molar refractivity (Wildman–Crippen MR) is 56.2 cm³/mol. The van der Waals surface area contributed by atoms with Gasteiger partial charge in [-0.1, -0.05) is 0 Å². The van der Waals surface area contributed by atoms with Crippen LogP contribution in [0.3, 0.4) is 0 Å². The van der Waals surface area contributed by atoms with Gasteiger partial charge in [0.2, 0.25) is 0 Å². The molecule has 1 saturated heterocycles. The molecule has 1 heterocycles. The Hall–Kier alpha value is -1.35. The lowest BCUT2D eigenvalue weighted by molar-refractivity contribution is 0.0956. The first kappa shape index (κ1) is 9.21. The van der Waals surface area contributed by atoms with Gasteiger partial charge >= 0.3 is 0 Å². The van der Waals surface area contributed by atoms with E-state index in [9.17, 15) is 4.79 Å². The first-order valence-corrected chi connectivity index (χ1v) is 4.88. The molecular weight excluding hydrogens is 176 g/mol. The third kappa shape index (κ3) is 1.93. The molecule has 1 atom stereocenters. The van der Waals surface area contributed by atoms with E-state index in [1.54, 1.807) is 24.3 Å². The fourth-order valence-electron chi connectivity index (χ4n) is 1.53. The molecule has 1 aromatic rings. The zero-order valence-corrected chi connectivity index (χ0v) is 7.99. The smallest absolute Gasteiger partial charge is 0.164 e. The molecule has 0 aliphatic carbocycles. The summed E-state index contributed by atoms with van der Waals surface area (Å²) in [7, 11) is 0. The fraction of sp³-hybridized carbons (Fsp3) is 0.364. The second kappa shape index (κ2) is 3.80. The first-order chi connectivity index (χ1) is 6.75. The van der Waals surface area contributed by atoms with E-state index in [0.29, 0.717) is 18.2 Å². The maximum atomic E-state index is 11.7. The second-order valence-electron chi connectivity index (χ2n) is 3.69. The third-order valence-corrected chi connectivity index (χ3v) is 2.59. The summed E-state index contributed by atoms with van der Waals surface area (Å²) in [5.41, 5.74) is 7.00. The van der Waals surface area contributed by atoms with Crippen LogP contribution >= 0.6 is 0 Å². The summed E-state index contributed by atoms with van der Waals surface area (Å²) in [6.45, 7) is 1.04. The number of carbonyl (C=O) groups excluding carboxylic acids is 1. The van der Waals surface area contributed by atoms with Crippen molar-refractivity contribution < 1.29 is 4.79 Å². The lowest BCUT2D eigenvalue weighted by Gasteiger charge is -2.26. The molecule has 3 N–H and O–H groups in total. The molecule has 1 fully saturated rings. The van der Waals surface area contributed by atoms with E-state index in [0.717, 1.165) is 18.5 Å². The Balaban J connectivity index is 1.99. The van der Waals surface area contributed by atoms with Crippen molar-refractivity contribution in [1.29, 1.82) is 0 Å². The summed E-state index contributed by atoms with van der Waals surface area (Å²) in [6, 6.07) is 7.50.